The molecular weight excluding hydrogens is 408 g/mol. The minimum Gasteiger partial charge on any atom is -0.493 e. The van der Waals surface area contributed by atoms with Gasteiger partial charge in [0.05, 0.1) is 26.0 Å². The van der Waals surface area contributed by atoms with Crippen LogP contribution in [0.4, 0.5) is 0 Å². The maximum absolute atomic E-state index is 12.9. The van der Waals surface area contributed by atoms with Crippen LogP contribution in [0.25, 0.3) is 11.3 Å². The smallest absolute Gasteiger partial charge is 0.257 e. The van der Waals surface area contributed by atoms with Gasteiger partial charge < -0.3 is 24.1 Å². The molecule has 1 aromatic heterocycles. The first-order valence-electron chi connectivity index (χ1n) is 11.2. The van der Waals surface area contributed by atoms with E-state index in [0.29, 0.717) is 30.6 Å². The zero-order valence-electron chi connectivity index (χ0n) is 19.9. The molecule has 0 radical (unpaired) electrons. The van der Waals surface area contributed by atoms with Crippen molar-refractivity contribution in [1.29, 1.82) is 0 Å². The monoisotopic (exact) mass is 442 g/mol. The maximum atomic E-state index is 12.9. The molecule has 0 fully saturated rings. The van der Waals surface area contributed by atoms with Crippen molar-refractivity contribution in [2.45, 2.75) is 52.6 Å². The lowest BCUT2D eigenvalue weighted by Gasteiger charge is -2.31. The van der Waals surface area contributed by atoms with E-state index in [2.05, 4.69) is 26.1 Å². The number of fused-ring (bicyclic) bond motifs is 3. The molecule has 2 heterocycles. The average Bonchev–Trinajstić information content (AvgIpc) is 2.75. The molecule has 7 nitrogen and oxygen atoms in total. The SMILES string of the molecule is CCC1Cc2cc(OCC(C)C)c(OC)cc2-c2cc(=O)c(C(=O)NC(C)COC)cn21. The average molecular weight is 443 g/mol. The van der Waals surface area contributed by atoms with Crippen LogP contribution in [-0.2, 0) is 11.2 Å². The summed E-state index contributed by atoms with van der Waals surface area (Å²) in [4.78, 5) is 25.6. The Labute approximate surface area is 189 Å². The minimum atomic E-state index is -0.384. The molecule has 0 bridgehead atoms. The number of nitrogens with one attached hydrogen (secondary N) is 1. The molecule has 1 aliphatic rings. The summed E-state index contributed by atoms with van der Waals surface area (Å²) < 4.78 is 18.7. The number of pyridine rings is 1. The highest BCUT2D eigenvalue weighted by Gasteiger charge is 2.27. The second kappa shape index (κ2) is 10.2. The fourth-order valence-electron chi connectivity index (χ4n) is 4.06. The van der Waals surface area contributed by atoms with Gasteiger partial charge in [0.1, 0.15) is 5.56 Å². The van der Waals surface area contributed by atoms with Crippen LogP contribution in [0, 0.1) is 5.92 Å². The fourth-order valence-corrected chi connectivity index (χ4v) is 4.06. The Kier molecular flexibility index (Phi) is 7.61. The van der Waals surface area contributed by atoms with Crippen molar-refractivity contribution in [1.82, 2.24) is 9.88 Å². The largest absolute Gasteiger partial charge is 0.493 e. The molecule has 0 aliphatic carbocycles. The number of amides is 1. The summed E-state index contributed by atoms with van der Waals surface area (Å²) in [6.45, 7) is 9.13. The van der Waals surface area contributed by atoms with E-state index in [1.54, 1.807) is 26.5 Å². The highest BCUT2D eigenvalue weighted by molar-refractivity contribution is 5.94. The van der Waals surface area contributed by atoms with Crippen LogP contribution in [0.3, 0.4) is 0 Å². The van der Waals surface area contributed by atoms with Gasteiger partial charge in [-0.05, 0) is 43.4 Å². The first-order valence-corrected chi connectivity index (χ1v) is 11.2. The van der Waals surface area contributed by atoms with Crippen molar-refractivity contribution >= 4 is 5.91 Å². The Morgan fingerprint density at radius 2 is 1.91 bits per heavy atom. The Hall–Kier alpha value is -2.80. The topological polar surface area (TPSA) is 78.8 Å². The van der Waals surface area contributed by atoms with E-state index in [9.17, 15) is 9.59 Å². The number of carbonyl (C=O) groups excluding carboxylic acids is 1. The standard InChI is InChI=1S/C25H34N2O5/c1-7-18-8-17-9-24(32-13-15(2)3)23(31-6)10-19(17)21-11-22(28)20(12-27(18)21)25(29)26-16(4)14-30-5/h9-12,15-16,18H,7-8,13-14H2,1-6H3,(H,26,29). The van der Waals surface area contributed by atoms with E-state index >= 15 is 0 Å². The molecule has 7 heteroatoms. The van der Waals surface area contributed by atoms with Crippen LogP contribution >= 0.6 is 0 Å². The van der Waals surface area contributed by atoms with Crippen LogP contribution in [0.5, 0.6) is 11.5 Å². The molecule has 174 valence electrons. The van der Waals surface area contributed by atoms with Gasteiger partial charge in [-0.15, -0.1) is 0 Å². The van der Waals surface area contributed by atoms with Gasteiger partial charge in [-0.3, -0.25) is 9.59 Å². The summed E-state index contributed by atoms with van der Waals surface area (Å²) in [7, 11) is 3.19. The van der Waals surface area contributed by atoms with E-state index in [4.69, 9.17) is 14.2 Å². The van der Waals surface area contributed by atoms with Crippen molar-refractivity contribution < 1.29 is 19.0 Å². The van der Waals surface area contributed by atoms with Crippen LogP contribution < -0.4 is 20.2 Å². The van der Waals surface area contributed by atoms with Crippen LogP contribution in [-0.4, -0.2) is 43.9 Å². The molecule has 2 atom stereocenters. The summed E-state index contributed by atoms with van der Waals surface area (Å²) in [6.07, 6.45) is 3.34. The maximum Gasteiger partial charge on any atom is 0.257 e. The van der Waals surface area contributed by atoms with Gasteiger partial charge in [-0.1, -0.05) is 20.8 Å². The number of methoxy groups -OCH3 is 2. The normalized spacial score (nSPS) is 15.7. The molecular formula is C25H34N2O5. The molecule has 1 amide bonds. The van der Waals surface area contributed by atoms with Gasteiger partial charge in [-0.25, -0.2) is 0 Å². The zero-order valence-corrected chi connectivity index (χ0v) is 19.9. The van der Waals surface area contributed by atoms with Crippen molar-refractivity contribution in [2.75, 3.05) is 27.4 Å². The molecule has 3 rings (SSSR count). The van der Waals surface area contributed by atoms with Gasteiger partial charge in [0.15, 0.2) is 16.9 Å². The summed E-state index contributed by atoms with van der Waals surface area (Å²) >= 11 is 0. The molecule has 2 aromatic rings. The zero-order chi connectivity index (χ0) is 23.4. The van der Waals surface area contributed by atoms with E-state index in [-0.39, 0.29) is 29.0 Å². The van der Waals surface area contributed by atoms with Crippen LogP contribution in [0.1, 0.15) is 56.1 Å². The Morgan fingerprint density at radius 3 is 2.53 bits per heavy atom. The molecule has 0 saturated heterocycles. The first-order chi connectivity index (χ1) is 15.3. The number of benzene rings is 1. The number of hydrogen-bond donors (Lipinski definition) is 1. The second-order valence-electron chi connectivity index (χ2n) is 8.80. The predicted molar refractivity (Wildman–Crippen MR) is 125 cm³/mol. The molecule has 0 spiro atoms. The lowest BCUT2D eigenvalue weighted by atomic mass is 9.90. The van der Waals surface area contributed by atoms with Gasteiger partial charge >= 0.3 is 0 Å². The van der Waals surface area contributed by atoms with E-state index < -0.39 is 0 Å². The lowest BCUT2D eigenvalue weighted by Crippen LogP contribution is -2.38. The number of carbonyl (C=O) groups is 1. The molecule has 32 heavy (non-hydrogen) atoms. The Bertz CT molecular complexity index is 1030. The number of ether oxygens (including phenoxy) is 3. The summed E-state index contributed by atoms with van der Waals surface area (Å²) in [5, 5.41) is 2.83. The fraction of sp³-hybridized carbons (Fsp3) is 0.520. The molecule has 0 saturated carbocycles. The highest BCUT2D eigenvalue weighted by Crippen LogP contribution is 2.41. The highest BCUT2D eigenvalue weighted by atomic mass is 16.5. The molecule has 1 aromatic carbocycles. The Balaban J connectivity index is 2.05. The quantitative estimate of drug-likeness (QED) is 0.639. The van der Waals surface area contributed by atoms with Gasteiger partial charge in [0, 0.05) is 37.0 Å². The number of rotatable bonds is 9. The van der Waals surface area contributed by atoms with E-state index in [0.717, 1.165) is 29.7 Å². The molecule has 2 unspecified atom stereocenters. The lowest BCUT2D eigenvalue weighted by molar-refractivity contribution is 0.0903. The van der Waals surface area contributed by atoms with Gasteiger partial charge in [0.25, 0.3) is 5.91 Å². The van der Waals surface area contributed by atoms with Gasteiger partial charge in [-0.2, -0.15) is 0 Å². The van der Waals surface area contributed by atoms with E-state index in [1.165, 1.54) is 0 Å². The first kappa shape index (κ1) is 23.9. The summed E-state index contributed by atoms with van der Waals surface area (Å²) in [5.41, 5.74) is 2.67. The summed E-state index contributed by atoms with van der Waals surface area (Å²) in [6, 6.07) is 5.46. The summed E-state index contributed by atoms with van der Waals surface area (Å²) in [5.74, 6) is 1.36. The van der Waals surface area contributed by atoms with Crippen molar-refractivity contribution in [3.8, 4) is 22.8 Å². The number of nitrogens with zero attached hydrogens (tertiary/aromatic N) is 1. The number of hydrogen-bond acceptors (Lipinski definition) is 5. The predicted octanol–water partition coefficient (Wildman–Crippen LogP) is 3.83. The van der Waals surface area contributed by atoms with Gasteiger partial charge in [0.2, 0.25) is 0 Å². The van der Waals surface area contributed by atoms with Crippen LogP contribution in [0.2, 0.25) is 0 Å². The van der Waals surface area contributed by atoms with Crippen molar-refractivity contribution in [3.05, 3.63) is 45.7 Å². The number of aromatic nitrogens is 1. The second-order valence-corrected chi connectivity index (χ2v) is 8.80. The Morgan fingerprint density at radius 1 is 1.16 bits per heavy atom. The van der Waals surface area contributed by atoms with E-state index in [1.807, 2.05) is 23.6 Å². The third-order valence-electron chi connectivity index (χ3n) is 5.68. The third kappa shape index (κ3) is 4.99. The van der Waals surface area contributed by atoms with Crippen molar-refractivity contribution in [3.63, 3.8) is 0 Å². The molecule has 1 aliphatic heterocycles. The molecule has 1 N–H and O–H groups in total. The van der Waals surface area contributed by atoms with Crippen LogP contribution in [0.15, 0.2) is 29.2 Å². The third-order valence-corrected chi connectivity index (χ3v) is 5.68. The minimum absolute atomic E-state index is 0.132. The van der Waals surface area contributed by atoms with Crippen molar-refractivity contribution in [2.24, 2.45) is 5.92 Å².